The molecule has 0 fully saturated rings. The summed E-state index contributed by atoms with van der Waals surface area (Å²) in [5, 5.41) is 13.9. The molecule has 2 aromatic heterocycles. The lowest BCUT2D eigenvalue weighted by Gasteiger charge is -2.03. The number of fused-ring (bicyclic) bond motifs is 1. The summed E-state index contributed by atoms with van der Waals surface area (Å²) in [7, 11) is 1.94. The molecule has 0 saturated heterocycles. The minimum absolute atomic E-state index is 0.655. The van der Waals surface area contributed by atoms with Crippen LogP contribution in [0.1, 0.15) is 11.1 Å². The highest BCUT2D eigenvalue weighted by Crippen LogP contribution is 2.19. The van der Waals surface area contributed by atoms with Gasteiger partial charge in [-0.2, -0.15) is 20.1 Å². The van der Waals surface area contributed by atoms with Gasteiger partial charge in [-0.05, 0) is 18.6 Å². The van der Waals surface area contributed by atoms with E-state index in [1.54, 1.807) is 17.2 Å². The molecule has 0 radical (unpaired) electrons. The van der Waals surface area contributed by atoms with E-state index < -0.39 is 0 Å². The van der Waals surface area contributed by atoms with Gasteiger partial charge in [-0.3, -0.25) is 4.68 Å². The second-order valence-electron chi connectivity index (χ2n) is 4.22. The third-order valence-electron chi connectivity index (χ3n) is 2.72. The minimum Gasteiger partial charge on any atom is -0.275 e. The maximum Gasteiger partial charge on any atom is 0.0974 e. The van der Waals surface area contributed by atoms with Crippen molar-refractivity contribution in [1.82, 2.24) is 24.8 Å². The molecule has 5 heteroatoms. The zero-order valence-electron chi connectivity index (χ0n) is 9.83. The van der Waals surface area contributed by atoms with Crippen molar-refractivity contribution >= 4 is 10.9 Å². The number of benzene rings is 1. The highest BCUT2D eigenvalue weighted by molar-refractivity contribution is 5.82. The van der Waals surface area contributed by atoms with Gasteiger partial charge in [-0.25, -0.2) is 0 Å². The Morgan fingerprint density at radius 1 is 1.18 bits per heavy atom. The fraction of sp³-hybridized carbons (Fsp3) is 0.250. The Morgan fingerprint density at radius 2 is 1.94 bits per heavy atom. The lowest BCUT2D eigenvalue weighted by molar-refractivity contribution is 0.592. The van der Waals surface area contributed by atoms with Gasteiger partial charge < -0.3 is 0 Å². The van der Waals surface area contributed by atoms with Gasteiger partial charge in [-0.1, -0.05) is 6.07 Å². The van der Waals surface area contributed by atoms with E-state index in [4.69, 9.17) is 0 Å². The summed E-state index contributed by atoms with van der Waals surface area (Å²) < 4.78 is 1.84. The van der Waals surface area contributed by atoms with Crippen LogP contribution >= 0.6 is 0 Å². The second kappa shape index (κ2) is 3.69. The molecule has 3 aromatic rings. The molecule has 0 N–H and O–H groups in total. The second-order valence-corrected chi connectivity index (χ2v) is 4.22. The zero-order valence-corrected chi connectivity index (χ0v) is 9.83. The van der Waals surface area contributed by atoms with Crippen LogP contribution in [0.5, 0.6) is 0 Å². The van der Waals surface area contributed by atoms with Crippen LogP contribution in [0.3, 0.4) is 0 Å². The van der Waals surface area contributed by atoms with E-state index >= 15 is 0 Å². The summed E-state index contributed by atoms with van der Waals surface area (Å²) in [5.41, 5.74) is 3.40. The molecule has 17 heavy (non-hydrogen) atoms. The van der Waals surface area contributed by atoms with E-state index in [0.29, 0.717) is 6.54 Å². The fourth-order valence-electron chi connectivity index (χ4n) is 2.09. The molecule has 3 rings (SSSR count). The molecule has 1 aromatic carbocycles. The Kier molecular flexibility index (Phi) is 2.18. The smallest absolute Gasteiger partial charge is 0.0974 e. The van der Waals surface area contributed by atoms with Crippen molar-refractivity contribution in [2.24, 2.45) is 7.05 Å². The van der Waals surface area contributed by atoms with Crippen molar-refractivity contribution in [2.45, 2.75) is 13.5 Å². The van der Waals surface area contributed by atoms with Gasteiger partial charge in [0, 0.05) is 24.2 Å². The number of aromatic nitrogens is 5. The van der Waals surface area contributed by atoms with Crippen molar-refractivity contribution in [3.63, 3.8) is 0 Å². The molecule has 86 valence electrons. The largest absolute Gasteiger partial charge is 0.275 e. The summed E-state index contributed by atoms with van der Waals surface area (Å²) in [5.74, 6) is 0. The van der Waals surface area contributed by atoms with Gasteiger partial charge in [0.05, 0.1) is 24.5 Å². The van der Waals surface area contributed by atoms with Crippen molar-refractivity contribution in [3.8, 4) is 0 Å². The van der Waals surface area contributed by atoms with E-state index in [-0.39, 0.29) is 0 Å². The maximum absolute atomic E-state index is 4.48. The number of rotatable bonds is 2. The average molecular weight is 227 g/mol. The molecule has 0 aliphatic heterocycles. The van der Waals surface area contributed by atoms with Crippen LogP contribution in [0.2, 0.25) is 0 Å². The van der Waals surface area contributed by atoms with Crippen LogP contribution < -0.4 is 0 Å². The monoisotopic (exact) mass is 227 g/mol. The molecule has 0 aliphatic rings. The van der Waals surface area contributed by atoms with Crippen molar-refractivity contribution < 1.29 is 0 Å². The summed E-state index contributed by atoms with van der Waals surface area (Å²) in [4.78, 5) is 1.67. The lowest BCUT2D eigenvalue weighted by Crippen LogP contribution is -2.04. The Balaban J connectivity index is 2.14. The maximum atomic E-state index is 4.48. The van der Waals surface area contributed by atoms with E-state index in [1.165, 1.54) is 5.56 Å². The normalized spacial score (nSPS) is 11.2. The van der Waals surface area contributed by atoms with Gasteiger partial charge in [0.15, 0.2) is 0 Å². The fourth-order valence-corrected chi connectivity index (χ4v) is 2.09. The van der Waals surface area contributed by atoms with Crippen LogP contribution in [0.4, 0.5) is 0 Å². The number of hydrogen-bond acceptors (Lipinski definition) is 3. The van der Waals surface area contributed by atoms with Gasteiger partial charge in [0.1, 0.15) is 0 Å². The van der Waals surface area contributed by atoms with Crippen LogP contribution in [0.15, 0.2) is 30.7 Å². The van der Waals surface area contributed by atoms with Crippen molar-refractivity contribution in [2.75, 3.05) is 0 Å². The molecule has 0 spiro atoms. The summed E-state index contributed by atoms with van der Waals surface area (Å²) in [6, 6.07) is 4.28. The van der Waals surface area contributed by atoms with Crippen molar-refractivity contribution in [3.05, 3.63) is 41.9 Å². The molecule has 0 bridgehead atoms. The molecular weight excluding hydrogens is 214 g/mol. The first-order chi connectivity index (χ1) is 8.22. The molecule has 0 unspecified atom stereocenters. The predicted molar refractivity (Wildman–Crippen MR) is 64.6 cm³/mol. The quantitative estimate of drug-likeness (QED) is 0.667. The van der Waals surface area contributed by atoms with Gasteiger partial charge in [0.2, 0.25) is 0 Å². The SMILES string of the molecule is Cc1cc(Cn2nccn2)c2nn(C)cc2c1. The highest BCUT2D eigenvalue weighted by Gasteiger charge is 2.07. The first-order valence-corrected chi connectivity index (χ1v) is 5.49. The number of nitrogens with zero attached hydrogens (tertiary/aromatic N) is 5. The molecule has 2 heterocycles. The Hall–Kier alpha value is -2.17. The Labute approximate surface area is 98.7 Å². The molecule has 0 saturated carbocycles. The predicted octanol–water partition coefficient (Wildman–Crippen LogP) is 1.52. The van der Waals surface area contributed by atoms with E-state index in [2.05, 4.69) is 34.4 Å². The molecule has 5 nitrogen and oxygen atoms in total. The van der Waals surface area contributed by atoms with Crippen molar-refractivity contribution in [1.29, 1.82) is 0 Å². The number of hydrogen-bond donors (Lipinski definition) is 0. The summed E-state index contributed by atoms with van der Waals surface area (Å²) in [6.45, 7) is 2.74. The van der Waals surface area contributed by atoms with Crippen LogP contribution in [0.25, 0.3) is 10.9 Å². The van der Waals surface area contributed by atoms with E-state index in [9.17, 15) is 0 Å². The Bertz CT molecular complexity index is 651. The van der Waals surface area contributed by atoms with Crippen LogP contribution in [-0.2, 0) is 13.6 Å². The van der Waals surface area contributed by atoms with Gasteiger partial charge >= 0.3 is 0 Å². The Morgan fingerprint density at radius 3 is 2.71 bits per heavy atom. The van der Waals surface area contributed by atoms with Crippen LogP contribution in [0, 0.1) is 6.92 Å². The first kappa shape index (κ1) is 10.0. The topological polar surface area (TPSA) is 48.5 Å². The zero-order chi connectivity index (χ0) is 11.8. The molecule has 0 amide bonds. The first-order valence-electron chi connectivity index (χ1n) is 5.49. The standard InChI is InChI=1S/C12H13N5/c1-9-5-10-7-16(2)15-12(10)11(6-9)8-17-13-3-4-14-17/h3-7H,8H2,1-2H3. The third kappa shape index (κ3) is 1.80. The van der Waals surface area contributed by atoms with Gasteiger partial charge in [0.25, 0.3) is 0 Å². The molecule has 0 aliphatic carbocycles. The highest BCUT2D eigenvalue weighted by atomic mass is 15.5. The van der Waals surface area contributed by atoms with Crippen LogP contribution in [-0.4, -0.2) is 24.8 Å². The average Bonchev–Trinajstić information content (AvgIpc) is 2.86. The lowest BCUT2D eigenvalue weighted by atomic mass is 10.1. The molecular formula is C12H13N5. The third-order valence-corrected chi connectivity index (χ3v) is 2.72. The summed E-state index contributed by atoms with van der Waals surface area (Å²) >= 11 is 0. The minimum atomic E-state index is 0.655. The van der Waals surface area contributed by atoms with E-state index in [0.717, 1.165) is 16.5 Å². The number of aryl methyl sites for hydroxylation is 2. The van der Waals surface area contributed by atoms with E-state index in [1.807, 2.05) is 17.9 Å². The summed E-state index contributed by atoms with van der Waals surface area (Å²) in [6.07, 6.45) is 5.40. The van der Waals surface area contributed by atoms with Gasteiger partial charge in [-0.15, -0.1) is 0 Å². The molecule has 0 atom stereocenters.